The van der Waals surface area contributed by atoms with E-state index in [2.05, 4.69) is 25.6 Å². The molecule has 3 rings (SSSR count). The van der Waals surface area contributed by atoms with Crippen LogP contribution in [-0.4, -0.2) is 21.0 Å². The molecule has 0 saturated heterocycles. The molecule has 0 aliphatic carbocycles. The summed E-state index contributed by atoms with van der Waals surface area (Å²) >= 11 is 1.44. The highest BCUT2D eigenvalue weighted by Gasteiger charge is 2.13. The molecule has 0 aromatic carbocycles. The van der Waals surface area contributed by atoms with E-state index in [1.165, 1.54) is 11.3 Å². The largest absolute Gasteiger partial charge is 0.419 e. The molecular formula is C16H15N5O2S. The highest BCUT2D eigenvalue weighted by molar-refractivity contribution is 7.09. The van der Waals surface area contributed by atoms with Crippen molar-refractivity contribution in [2.45, 2.75) is 13.8 Å². The summed E-state index contributed by atoms with van der Waals surface area (Å²) in [5.41, 5.74) is 2.07. The predicted molar refractivity (Wildman–Crippen MR) is 93.0 cm³/mol. The van der Waals surface area contributed by atoms with Gasteiger partial charge in [-0.15, -0.1) is 11.3 Å². The Morgan fingerprint density at radius 1 is 1.21 bits per heavy atom. The zero-order valence-corrected chi connectivity index (χ0v) is 13.9. The molecule has 8 heteroatoms. The molecule has 0 saturated carbocycles. The lowest BCUT2D eigenvalue weighted by Crippen LogP contribution is -2.18. The van der Waals surface area contributed by atoms with Crippen LogP contribution in [0.1, 0.15) is 10.7 Å². The Kier molecular flexibility index (Phi) is 4.66. The molecule has 0 aliphatic heterocycles. The van der Waals surface area contributed by atoms with Crippen molar-refractivity contribution >= 4 is 34.6 Å². The average molecular weight is 341 g/mol. The van der Waals surface area contributed by atoms with Crippen molar-refractivity contribution in [2.75, 3.05) is 10.6 Å². The number of carbonyl (C=O) groups excluding carboxylic acids is 1. The molecule has 2 N–H and O–H groups in total. The Labute approximate surface area is 142 Å². The fourth-order valence-corrected chi connectivity index (χ4v) is 2.48. The fraction of sp³-hybridized carbons (Fsp3) is 0.125. The van der Waals surface area contributed by atoms with Gasteiger partial charge in [0.2, 0.25) is 5.88 Å². The maximum atomic E-state index is 12.1. The summed E-state index contributed by atoms with van der Waals surface area (Å²) in [5.74, 6) is 0.639. The van der Waals surface area contributed by atoms with E-state index in [1.54, 1.807) is 23.8 Å². The minimum Gasteiger partial charge on any atom is -0.389 e. The smallest absolute Gasteiger partial charge is 0.389 e. The van der Waals surface area contributed by atoms with Gasteiger partial charge in [0.15, 0.2) is 0 Å². The molecule has 3 aromatic rings. The lowest BCUT2D eigenvalue weighted by molar-refractivity contribution is 0.213. The van der Waals surface area contributed by atoms with E-state index in [-0.39, 0.29) is 5.88 Å². The summed E-state index contributed by atoms with van der Waals surface area (Å²) in [5, 5.41) is 8.31. The van der Waals surface area contributed by atoms with Crippen molar-refractivity contribution in [1.82, 2.24) is 15.0 Å². The molecule has 0 atom stereocenters. The number of carbonyl (C=O) groups is 1. The number of ether oxygens (including phenoxy) is 1. The van der Waals surface area contributed by atoms with Crippen molar-refractivity contribution in [2.24, 2.45) is 0 Å². The van der Waals surface area contributed by atoms with Crippen molar-refractivity contribution < 1.29 is 9.53 Å². The van der Waals surface area contributed by atoms with Crippen LogP contribution >= 0.6 is 11.3 Å². The van der Waals surface area contributed by atoms with E-state index in [0.717, 1.165) is 16.4 Å². The second-order valence-electron chi connectivity index (χ2n) is 4.94. The molecule has 24 heavy (non-hydrogen) atoms. The number of thiazole rings is 1. The molecule has 0 spiro atoms. The molecule has 3 aromatic heterocycles. The summed E-state index contributed by atoms with van der Waals surface area (Å²) in [6, 6.07) is 7.29. The third-order valence-corrected chi connectivity index (χ3v) is 3.75. The van der Waals surface area contributed by atoms with E-state index in [1.807, 2.05) is 32.0 Å². The normalized spacial score (nSPS) is 10.2. The molecule has 7 nitrogen and oxygen atoms in total. The number of rotatable bonds is 4. The number of hydrogen-bond acceptors (Lipinski definition) is 7. The standard InChI is InChI=1S/C16H15N5O2S/c1-10-5-6-13(20-12-4-3-7-17-8-12)15(18-10)23-16(22)21-14-9-24-11(2)19-14/h3-9,20H,1-2H3,(H,21,22). The first-order chi connectivity index (χ1) is 11.6. The molecule has 0 bridgehead atoms. The molecule has 122 valence electrons. The van der Waals surface area contributed by atoms with Crippen LogP contribution in [0.3, 0.4) is 0 Å². The Morgan fingerprint density at radius 3 is 2.79 bits per heavy atom. The van der Waals surface area contributed by atoms with E-state index >= 15 is 0 Å². The van der Waals surface area contributed by atoms with Gasteiger partial charge in [-0.2, -0.15) is 0 Å². The first-order valence-electron chi connectivity index (χ1n) is 7.16. The quantitative estimate of drug-likeness (QED) is 0.748. The summed E-state index contributed by atoms with van der Waals surface area (Å²) in [6.45, 7) is 3.68. The topological polar surface area (TPSA) is 89.0 Å². The summed E-state index contributed by atoms with van der Waals surface area (Å²) < 4.78 is 5.33. The Morgan fingerprint density at radius 2 is 2.08 bits per heavy atom. The van der Waals surface area contributed by atoms with Crippen LogP contribution in [0, 0.1) is 13.8 Å². The minimum absolute atomic E-state index is 0.184. The van der Waals surface area contributed by atoms with Crippen LogP contribution < -0.4 is 15.4 Å². The van der Waals surface area contributed by atoms with Crippen molar-refractivity contribution in [1.29, 1.82) is 0 Å². The zero-order valence-electron chi connectivity index (χ0n) is 13.1. The highest BCUT2D eigenvalue weighted by Crippen LogP contribution is 2.26. The summed E-state index contributed by atoms with van der Waals surface area (Å²) in [7, 11) is 0. The molecule has 0 radical (unpaired) electrons. The van der Waals surface area contributed by atoms with Gasteiger partial charge in [0, 0.05) is 17.3 Å². The van der Waals surface area contributed by atoms with Crippen LogP contribution in [-0.2, 0) is 0 Å². The van der Waals surface area contributed by atoms with Gasteiger partial charge < -0.3 is 10.1 Å². The number of nitrogens with zero attached hydrogens (tertiary/aromatic N) is 3. The maximum Gasteiger partial charge on any atom is 0.419 e. The van der Waals surface area contributed by atoms with E-state index in [9.17, 15) is 4.79 Å². The van der Waals surface area contributed by atoms with Crippen LogP contribution in [0.2, 0.25) is 0 Å². The van der Waals surface area contributed by atoms with Gasteiger partial charge in [-0.1, -0.05) is 0 Å². The Bertz CT molecular complexity index is 851. The second-order valence-corrected chi connectivity index (χ2v) is 6.00. The van der Waals surface area contributed by atoms with Gasteiger partial charge in [0.05, 0.1) is 16.9 Å². The number of aromatic nitrogens is 3. The number of nitrogens with one attached hydrogen (secondary N) is 2. The monoisotopic (exact) mass is 341 g/mol. The number of pyridine rings is 2. The summed E-state index contributed by atoms with van der Waals surface area (Å²) in [4.78, 5) is 24.5. The third kappa shape index (κ3) is 4.05. The highest BCUT2D eigenvalue weighted by atomic mass is 32.1. The van der Waals surface area contributed by atoms with Crippen LogP contribution in [0.25, 0.3) is 0 Å². The molecule has 3 heterocycles. The number of amides is 1. The van der Waals surface area contributed by atoms with Crippen molar-refractivity contribution in [3.8, 4) is 5.88 Å². The first-order valence-corrected chi connectivity index (χ1v) is 8.04. The van der Waals surface area contributed by atoms with Gasteiger partial charge in [-0.25, -0.2) is 14.8 Å². The van der Waals surface area contributed by atoms with E-state index in [0.29, 0.717) is 11.5 Å². The number of aryl methyl sites for hydroxylation is 2. The van der Waals surface area contributed by atoms with Gasteiger partial charge in [-0.3, -0.25) is 10.3 Å². The van der Waals surface area contributed by atoms with Crippen molar-refractivity contribution in [3.63, 3.8) is 0 Å². The molecule has 0 aliphatic rings. The molecule has 0 unspecified atom stereocenters. The third-order valence-electron chi connectivity index (χ3n) is 2.98. The van der Waals surface area contributed by atoms with Crippen LogP contribution in [0.4, 0.5) is 22.0 Å². The molecular weight excluding hydrogens is 326 g/mol. The Balaban J connectivity index is 1.76. The maximum absolute atomic E-state index is 12.1. The Hall–Kier alpha value is -3.00. The summed E-state index contributed by atoms with van der Waals surface area (Å²) in [6.07, 6.45) is 2.70. The lowest BCUT2D eigenvalue weighted by atomic mass is 10.3. The van der Waals surface area contributed by atoms with Gasteiger partial charge in [-0.05, 0) is 38.1 Å². The van der Waals surface area contributed by atoms with Gasteiger partial charge in [0.1, 0.15) is 11.5 Å². The predicted octanol–water partition coefficient (Wildman–Crippen LogP) is 3.90. The minimum atomic E-state index is -0.646. The van der Waals surface area contributed by atoms with Gasteiger partial charge in [0.25, 0.3) is 0 Å². The van der Waals surface area contributed by atoms with Crippen LogP contribution in [0.15, 0.2) is 42.0 Å². The first kappa shape index (κ1) is 15.9. The van der Waals surface area contributed by atoms with E-state index < -0.39 is 6.09 Å². The molecule has 0 fully saturated rings. The zero-order chi connectivity index (χ0) is 16.9. The molecule has 1 amide bonds. The number of hydrogen-bond donors (Lipinski definition) is 2. The van der Waals surface area contributed by atoms with Crippen molar-refractivity contribution in [3.05, 3.63) is 52.7 Å². The SMILES string of the molecule is Cc1ccc(Nc2cccnc2)c(OC(=O)Nc2csc(C)n2)n1. The lowest BCUT2D eigenvalue weighted by Gasteiger charge is -2.11. The number of anilines is 3. The van der Waals surface area contributed by atoms with Crippen LogP contribution in [0.5, 0.6) is 5.88 Å². The average Bonchev–Trinajstić information content (AvgIpc) is 2.96. The second kappa shape index (κ2) is 7.05. The van der Waals surface area contributed by atoms with Gasteiger partial charge >= 0.3 is 6.09 Å². The fourth-order valence-electron chi connectivity index (χ4n) is 1.94. The van der Waals surface area contributed by atoms with E-state index in [4.69, 9.17) is 4.74 Å².